The van der Waals surface area contributed by atoms with Crippen LogP contribution in [0.15, 0.2) is 47.2 Å². The summed E-state index contributed by atoms with van der Waals surface area (Å²) in [5.74, 6) is 2.34. The lowest BCUT2D eigenvalue weighted by molar-refractivity contribution is -0.00770. The monoisotopic (exact) mass is 493 g/mol. The van der Waals surface area contributed by atoms with Gasteiger partial charge in [0, 0.05) is 18.7 Å². The molecule has 4 bridgehead atoms. The van der Waals surface area contributed by atoms with Gasteiger partial charge >= 0.3 is 0 Å². The van der Waals surface area contributed by atoms with Gasteiger partial charge in [0.2, 0.25) is 0 Å². The van der Waals surface area contributed by atoms with Crippen LogP contribution in [0.4, 0.5) is 0 Å². The number of hydrogen-bond donors (Lipinski definition) is 1. The fourth-order valence-electron chi connectivity index (χ4n) is 6.94. The van der Waals surface area contributed by atoms with Crippen molar-refractivity contribution in [1.82, 2.24) is 24.9 Å². The first-order valence-corrected chi connectivity index (χ1v) is 12.4. The molecule has 166 valence electrons. The summed E-state index contributed by atoms with van der Waals surface area (Å²) in [7, 11) is 1.89. The molecule has 0 atom stereocenters. The molecule has 0 saturated heterocycles. The third-order valence-electron chi connectivity index (χ3n) is 7.95. The highest BCUT2D eigenvalue weighted by Crippen LogP contribution is 2.60. The highest BCUT2D eigenvalue weighted by molar-refractivity contribution is 9.10. The van der Waals surface area contributed by atoms with Crippen molar-refractivity contribution >= 4 is 21.8 Å². The third kappa shape index (κ3) is 3.33. The van der Waals surface area contributed by atoms with Crippen LogP contribution in [-0.2, 0) is 19.0 Å². The molecule has 7 rings (SSSR count). The highest BCUT2D eigenvalue weighted by atomic mass is 79.9. The lowest BCUT2D eigenvalue weighted by Crippen LogP contribution is -2.49. The van der Waals surface area contributed by atoms with Crippen LogP contribution in [0.5, 0.6) is 0 Å². The quantitative estimate of drug-likeness (QED) is 0.556. The van der Waals surface area contributed by atoms with E-state index in [1.807, 2.05) is 48.3 Å². The molecule has 2 aromatic heterocycles. The average Bonchev–Trinajstić information content (AvgIpc) is 3.36. The zero-order valence-electron chi connectivity index (χ0n) is 18.3. The number of halogens is 1. The molecule has 0 aliphatic heterocycles. The van der Waals surface area contributed by atoms with Gasteiger partial charge < -0.3 is 5.32 Å². The largest absolute Gasteiger partial charge is 0.346 e. The number of amides is 1. The minimum atomic E-state index is -0.0500. The summed E-state index contributed by atoms with van der Waals surface area (Å²) in [6, 6.07) is 10.1. The van der Waals surface area contributed by atoms with E-state index >= 15 is 0 Å². The second-order valence-electron chi connectivity index (χ2n) is 10.1. The molecule has 4 aliphatic carbocycles. The maximum absolute atomic E-state index is 13.5. The van der Waals surface area contributed by atoms with E-state index in [-0.39, 0.29) is 11.3 Å². The topological polar surface area (TPSA) is 64.7 Å². The molecule has 0 spiro atoms. The van der Waals surface area contributed by atoms with Gasteiger partial charge in [-0.05, 0) is 84.3 Å². The van der Waals surface area contributed by atoms with E-state index in [0.717, 1.165) is 44.9 Å². The number of aromatic nitrogens is 4. The zero-order valence-corrected chi connectivity index (χ0v) is 19.9. The number of carbonyl (C=O) groups excluding carboxylic acids is 1. The van der Waals surface area contributed by atoms with E-state index in [2.05, 4.69) is 26.3 Å². The van der Waals surface area contributed by atoms with Gasteiger partial charge in [0.15, 0.2) is 0 Å². The van der Waals surface area contributed by atoms with Crippen LogP contribution < -0.4 is 5.32 Å². The third-order valence-corrected chi connectivity index (χ3v) is 8.61. The molecule has 0 unspecified atom stereocenters. The van der Waals surface area contributed by atoms with Crippen LogP contribution in [0.2, 0.25) is 0 Å². The van der Waals surface area contributed by atoms with Crippen LogP contribution in [0.25, 0.3) is 5.69 Å². The van der Waals surface area contributed by atoms with E-state index in [1.165, 1.54) is 38.5 Å². The van der Waals surface area contributed by atoms with Gasteiger partial charge in [-0.25, -0.2) is 4.68 Å². The Morgan fingerprint density at radius 3 is 2.38 bits per heavy atom. The van der Waals surface area contributed by atoms with E-state index in [0.29, 0.717) is 6.54 Å². The van der Waals surface area contributed by atoms with Crippen molar-refractivity contribution in [2.24, 2.45) is 24.8 Å². The van der Waals surface area contributed by atoms with Gasteiger partial charge in [0.1, 0.15) is 0 Å². The molecule has 7 heteroatoms. The van der Waals surface area contributed by atoms with Crippen molar-refractivity contribution in [1.29, 1.82) is 0 Å². The Balaban J connectivity index is 1.37. The molecule has 4 saturated carbocycles. The molecular formula is C25H28BrN5O. The molecule has 3 aromatic rings. The summed E-state index contributed by atoms with van der Waals surface area (Å²) in [6.07, 6.45) is 11.3. The Hall–Kier alpha value is -2.41. The SMILES string of the molecule is Cn1ncc(Br)c1CNC(=O)c1cn(-c2ccccc2)nc1C12CC3CC(CC(C3)C1)C2. The number of rotatable bonds is 5. The van der Waals surface area contributed by atoms with Crippen LogP contribution in [0.3, 0.4) is 0 Å². The van der Waals surface area contributed by atoms with E-state index < -0.39 is 0 Å². The number of nitrogens with zero attached hydrogens (tertiary/aromatic N) is 4. The molecule has 2 heterocycles. The van der Waals surface area contributed by atoms with Crippen molar-refractivity contribution in [3.63, 3.8) is 0 Å². The number of aryl methyl sites for hydroxylation is 1. The van der Waals surface area contributed by atoms with Gasteiger partial charge in [-0.1, -0.05) is 18.2 Å². The van der Waals surface area contributed by atoms with Gasteiger partial charge in [0.05, 0.1) is 39.9 Å². The first kappa shape index (κ1) is 20.2. The second-order valence-corrected chi connectivity index (χ2v) is 11.0. The van der Waals surface area contributed by atoms with Crippen LogP contribution in [-0.4, -0.2) is 25.5 Å². The highest BCUT2D eigenvalue weighted by Gasteiger charge is 2.53. The van der Waals surface area contributed by atoms with E-state index in [9.17, 15) is 4.79 Å². The Morgan fingerprint density at radius 2 is 1.78 bits per heavy atom. The number of hydrogen-bond acceptors (Lipinski definition) is 3. The number of carbonyl (C=O) groups is 1. The van der Waals surface area contributed by atoms with E-state index in [4.69, 9.17) is 5.10 Å². The van der Waals surface area contributed by atoms with Crippen molar-refractivity contribution in [3.05, 3.63) is 64.1 Å². The van der Waals surface area contributed by atoms with Gasteiger partial charge in [-0.15, -0.1) is 0 Å². The van der Waals surface area contributed by atoms with Gasteiger partial charge in [0.25, 0.3) is 5.91 Å². The predicted octanol–water partition coefficient (Wildman–Crippen LogP) is 4.77. The van der Waals surface area contributed by atoms with Crippen molar-refractivity contribution < 1.29 is 4.79 Å². The number of nitrogens with one attached hydrogen (secondary N) is 1. The molecule has 6 nitrogen and oxygen atoms in total. The Kier molecular flexibility index (Phi) is 4.79. The molecular weight excluding hydrogens is 466 g/mol. The second kappa shape index (κ2) is 7.58. The Bertz CT molecular complexity index is 1110. The maximum atomic E-state index is 13.5. The zero-order chi connectivity index (χ0) is 21.9. The molecule has 0 radical (unpaired) electrons. The van der Waals surface area contributed by atoms with Crippen LogP contribution in [0.1, 0.15) is 60.3 Å². The minimum absolute atomic E-state index is 0.0500. The standard InChI is InChI=1S/C25H28BrN5O/c1-30-22(21(26)13-28-30)14-27-24(32)20-15-31(19-5-3-2-4-6-19)29-23(20)25-10-16-7-17(11-25)9-18(8-16)12-25/h2-6,13,15-18H,7-12,14H2,1H3,(H,27,32). The molecule has 4 aliphatic rings. The lowest BCUT2D eigenvalue weighted by atomic mass is 9.48. The van der Waals surface area contributed by atoms with Crippen molar-refractivity contribution in [3.8, 4) is 5.69 Å². The Labute approximate surface area is 196 Å². The van der Waals surface area contributed by atoms with Crippen molar-refractivity contribution in [2.75, 3.05) is 0 Å². The van der Waals surface area contributed by atoms with Crippen LogP contribution >= 0.6 is 15.9 Å². The fraction of sp³-hybridized carbons (Fsp3) is 0.480. The molecule has 1 N–H and O–H groups in total. The smallest absolute Gasteiger partial charge is 0.255 e. The first-order chi connectivity index (χ1) is 15.5. The van der Waals surface area contributed by atoms with Gasteiger partial charge in [-0.2, -0.15) is 10.2 Å². The fourth-order valence-corrected chi connectivity index (χ4v) is 7.43. The summed E-state index contributed by atoms with van der Waals surface area (Å²) in [5.41, 5.74) is 3.74. The normalized spacial score (nSPS) is 28.2. The predicted molar refractivity (Wildman–Crippen MR) is 125 cm³/mol. The van der Waals surface area contributed by atoms with E-state index in [1.54, 1.807) is 10.9 Å². The van der Waals surface area contributed by atoms with Crippen LogP contribution in [0, 0.1) is 17.8 Å². The summed E-state index contributed by atoms with van der Waals surface area (Å²) in [4.78, 5) is 13.5. The van der Waals surface area contributed by atoms with Gasteiger partial charge in [-0.3, -0.25) is 9.48 Å². The molecule has 4 fully saturated rings. The minimum Gasteiger partial charge on any atom is -0.346 e. The molecule has 1 aromatic carbocycles. The summed E-state index contributed by atoms with van der Waals surface area (Å²) >= 11 is 3.53. The lowest BCUT2D eigenvalue weighted by Gasteiger charge is -2.56. The summed E-state index contributed by atoms with van der Waals surface area (Å²) in [5, 5.41) is 12.5. The summed E-state index contributed by atoms with van der Waals surface area (Å²) in [6.45, 7) is 0.423. The number of benzene rings is 1. The maximum Gasteiger partial charge on any atom is 0.255 e. The first-order valence-electron chi connectivity index (χ1n) is 11.6. The number of para-hydroxylation sites is 1. The molecule has 32 heavy (non-hydrogen) atoms. The summed E-state index contributed by atoms with van der Waals surface area (Å²) < 4.78 is 4.60. The average molecular weight is 494 g/mol. The van der Waals surface area contributed by atoms with Crippen molar-refractivity contribution in [2.45, 2.75) is 50.5 Å². The Morgan fingerprint density at radius 1 is 1.12 bits per heavy atom. The molecule has 1 amide bonds.